The van der Waals surface area contributed by atoms with E-state index in [4.69, 9.17) is 11.6 Å². The molecule has 2 fully saturated rings. The minimum absolute atomic E-state index is 0.117. The molecule has 0 saturated carbocycles. The number of hydrogen-bond acceptors (Lipinski definition) is 4. The summed E-state index contributed by atoms with van der Waals surface area (Å²) in [4.78, 5) is 6.50. The zero-order chi connectivity index (χ0) is 14.9. The topological polar surface area (TPSA) is 53.5 Å². The molecule has 5 nitrogen and oxygen atoms in total. The number of nitrogens with zero attached hydrogens (tertiary/aromatic N) is 3. The highest BCUT2D eigenvalue weighted by molar-refractivity contribution is 7.89. The van der Waals surface area contributed by atoms with Crippen LogP contribution in [0.15, 0.2) is 23.4 Å². The first-order valence-electron chi connectivity index (χ1n) is 7.43. The van der Waals surface area contributed by atoms with Crippen molar-refractivity contribution in [3.05, 3.63) is 23.5 Å². The fourth-order valence-electron chi connectivity index (χ4n) is 3.25. The molecule has 0 radical (unpaired) electrons. The Labute approximate surface area is 131 Å². The second kappa shape index (κ2) is 6.20. The number of piperidine rings is 1. The van der Waals surface area contributed by atoms with E-state index in [0.29, 0.717) is 19.1 Å². The van der Waals surface area contributed by atoms with Gasteiger partial charge in [0.05, 0.1) is 5.02 Å². The van der Waals surface area contributed by atoms with Gasteiger partial charge in [0.25, 0.3) is 0 Å². The molecule has 0 aliphatic carbocycles. The molecule has 0 atom stereocenters. The lowest BCUT2D eigenvalue weighted by molar-refractivity contribution is 0.168. The fourth-order valence-corrected chi connectivity index (χ4v) is 5.12. The molecule has 7 heteroatoms. The molecule has 2 aliphatic heterocycles. The van der Waals surface area contributed by atoms with Gasteiger partial charge in [-0.2, -0.15) is 4.31 Å². The molecule has 2 aliphatic rings. The number of halogens is 1. The van der Waals surface area contributed by atoms with Crippen LogP contribution >= 0.6 is 11.6 Å². The molecular weight excluding hydrogens is 310 g/mol. The van der Waals surface area contributed by atoms with E-state index in [1.807, 2.05) is 0 Å². The van der Waals surface area contributed by atoms with E-state index in [0.717, 1.165) is 25.9 Å². The van der Waals surface area contributed by atoms with Crippen LogP contribution in [0.2, 0.25) is 5.02 Å². The summed E-state index contributed by atoms with van der Waals surface area (Å²) < 4.78 is 26.8. The Hall–Kier alpha value is -0.690. The van der Waals surface area contributed by atoms with Gasteiger partial charge in [0, 0.05) is 31.5 Å². The van der Waals surface area contributed by atoms with Crippen LogP contribution in [0, 0.1) is 0 Å². The molecule has 1 aromatic rings. The van der Waals surface area contributed by atoms with E-state index in [1.165, 1.54) is 31.3 Å². The first-order valence-corrected chi connectivity index (χ1v) is 9.24. The Balaban J connectivity index is 1.70. The summed E-state index contributed by atoms with van der Waals surface area (Å²) in [7, 11) is -3.52. The number of sulfonamides is 1. The van der Waals surface area contributed by atoms with Gasteiger partial charge in [-0.15, -0.1) is 0 Å². The number of pyridine rings is 1. The summed E-state index contributed by atoms with van der Waals surface area (Å²) in [6, 6.07) is 2.05. The Morgan fingerprint density at radius 2 is 1.81 bits per heavy atom. The maximum Gasteiger partial charge on any atom is 0.246 e. The highest BCUT2D eigenvalue weighted by Gasteiger charge is 2.33. The van der Waals surface area contributed by atoms with Gasteiger partial charge in [0.15, 0.2) is 0 Å². The number of aromatic nitrogens is 1. The number of rotatable bonds is 3. The van der Waals surface area contributed by atoms with Gasteiger partial charge in [-0.05, 0) is 44.8 Å². The Kier molecular flexibility index (Phi) is 4.49. The molecule has 2 saturated heterocycles. The highest BCUT2D eigenvalue weighted by Crippen LogP contribution is 2.28. The normalized spacial score (nSPS) is 22.7. The first kappa shape index (κ1) is 15.2. The Morgan fingerprint density at radius 3 is 2.43 bits per heavy atom. The van der Waals surface area contributed by atoms with Crippen LogP contribution < -0.4 is 0 Å². The first-order chi connectivity index (χ1) is 10.1. The van der Waals surface area contributed by atoms with Gasteiger partial charge < -0.3 is 4.90 Å². The predicted molar refractivity (Wildman–Crippen MR) is 81.8 cm³/mol. The van der Waals surface area contributed by atoms with Crippen LogP contribution in [-0.4, -0.2) is 54.8 Å². The molecule has 116 valence electrons. The van der Waals surface area contributed by atoms with Gasteiger partial charge >= 0.3 is 0 Å². The van der Waals surface area contributed by atoms with Crippen molar-refractivity contribution >= 4 is 21.6 Å². The predicted octanol–water partition coefficient (Wildman–Crippen LogP) is 1.98. The van der Waals surface area contributed by atoms with Crippen molar-refractivity contribution in [3.63, 3.8) is 0 Å². The lowest BCUT2D eigenvalue weighted by atomic mass is 10.1. The van der Waals surface area contributed by atoms with Gasteiger partial charge in [-0.1, -0.05) is 11.6 Å². The molecule has 0 N–H and O–H groups in total. The summed E-state index contributed by atoms with van der Waals surface area (Å²) in [5.41, 5.74) is 0. The van der Waals surface area contributed by atoms with E-state index in [2.05, 4.69) is 9.88 Å². The molecule has 0 spiro atoms. The summed E-state index contributed by atoms with van der Waals surface area (Å²) >= 11 is 6.01. The highest BCUT2D eigenvalue weighted by atomic mass is 35.5. The minimum Gasteiger partial charge on any atom is -0.300 e. The van der Waals surface area contributed by atoms with Crippen molar-refractivity contribution in [2.24, 2.45) is 0 Å². The third-order valence-electron chi connectivity index (χ3n) is 4.43. The zero-order valence-electron chi connectivity index (χ0n) is 11.9. The average Bonchev–Trinajstić information content (AvgIpc) is 3.02. The van der Waals surface area contributed by atoms with Crippen LogP contribution in [0.1, 0.15) is 25.7 Å². The third-order valence-corrected chi connectivity index (χ3v) is 6.80. The summed E-state index contributed by atoms with van der Waals surface area (Å²) in [5, 5.41) is 0.242. The van der Waals surface area contributed by atoms with Crippen molar-refractivity contribution in [1.82, 2.24) is 14.2 Å². The van der Waals surface area contributed by atoms with E-state index in [-0.39, 0.29) is 9.92 Å². The van der Waals surface area contributed by atoms with Gasteiger partial charge in [0.1, 0.15) is 4.90 Å². The standard InChI is InChI=1S/C14H20ClN3O2S/c15-13-3-6-16-11-14(13)21(19,20)18-9-4-12(5-10-18)17-7-1-2-8-17/h3,6,11-12H,1-2,4-5,7-10H2. The lowest BCUT2D eigenvalue weighted by Crippen LogP contribution is -2.45. The quantitative estimate of drug-likeness (QED) is 0.851. The van der Waals surface area contributed by atoms with Crippen molar-refractivity contribution in [1.29, 1.82) is 0 Å². The average molecular weight is 330 g/mol. The SMILES string of the molecule is O=S(=O)(c1cnccc1Cl)N1CCC(N2CCCC2)CC1. The van der Waals surface area contributed by atoms with E-state index in [1.54, 1.807) is 4.31 Å². The van der Waals surface area contributed by atoms with Crippen molar-refractivity contribution in [2.75, 3.05) is 26.2 Å². The number of likely N-dealkylation sites (tertiary alicyclic amines) is 1. The van der Waals surface area contributed by atoms with Crippen molar-refractivity contribution in [3.8, 4) is 0 Å². The van der Waals surface area contributed by atoms with E-state index < -0.39 is 10.0 Å². The van der Waals surface area contributed by atoms with Crippen LogP contribution in [0.3, 0.4) is 0 Å². The molecular formula is C14H20ClN3O2S. The van der Waals surface area contributed by atoms with Gasteiger partial charge in [-0.3, -0.25) is 4.98 Å². The Morgan fingerprint density at radius 1 is 1.14 bits per heavy atom. The zero-order valence-corrected chi connectivity index (χ0v) is 13.5. The smallest absolute Gasteiger partial charge is 0.246 e. The summed E-state index contributed by atoms with van der Waals surface area (Å²) in [6.07, 6.45) is 7.17. The van der Waals surface area contributed by atoms with Gasteiger partial charge in [0.2, 0.25) is 10.0 Å². The third kappa shape index (κ3) is 3.08. The minimum atomic E-state index is -3.52. The van der Waals surface area contributed by atoms with Crippen molar-refractivity contribution in [2.45, 2.75) is 36.6 Å². The Bertz CT molecular complexity index is 594. The molecule has 0 bridgehead atoms. The summed E-state index contributed by atoms with van der Waals surface area (Å²) in [6.45, 7) is 3.45. The molecule has 21 heavy (non-hydrogen) atoms. The second-order valence-electron chi connectivity index (χ2n) is 5.68. The number of hydrogen-bond donors (Lipinski definition) is 0. The summed E-state index contributed by atoms with van der Waals surface area (Å²) in [5.74, 6) is 0. The van der Waals surface area contributed by atoms with Crippen LogP contribution in [-0.2, 0) is 10.0 Å². The molecule has 0 unspecified atom stereocenters. The van der Waals surface area contributed by atoms with Crippen LogP contribution in [0.4, 0.5) is 0 Å². The van der Waals surface area contributed by atoms with E-state index in [9.17, 15) is 8.42 Å². The fraction of sp³-hybridized carbons (Fsp3) is 0.643. The maximum atomic E-state index is 12.6. The molecule has 1 aromatic heterocycles. The maximum absolute atomic E-state index is 12.6. The molecule has 3 rings (SSSR count). The monoisotopic (exact) mass is 329 g/mol. The van der Waals surface area contributed by atoms with E-state index >= 15 is 0 Å². The molecule has 3 heterocycles. The second-order valence-corrected chi connectivity index (χ2v) is 8.00. The lowest BCUT2D eigenvalue weighted by Gasteiger charge is -2.36. The van der Waals surface area contributed by atoms with Gasteiger partial charge in [-0.25, -0.2) is 8.42 Å². The van der Waals surface area contributed by atoms with Crippen LogP contribution in [0.25, 0.3) is 0 Å². The molecule has 0 amide bonds. The largest absolute Gasteiger partial charge is 0.300 e. The van der Waals surface area contributed by atoms with Crippen LogP contribution in [0.5, 0.6) is 0 Å². The van der Waals surface area contributed by atoms with Crippen molar-refractivity contribution < 1.29 is 8.42 Å². The molecule has 0 aromatic carbocycles.